The molecule has 7 heteroatoms. The summed E-state index contributed by atoms with van der Waals surface area (Å²) in [6.07, 6.45) is 7.97. The third-order valence-electron chi connectivity index (χ3n) is 7.09. The number of hydrogen-bond acceptors (Lipinski definition) is 5. The average molecular weight is 452 g/mol. The molecule has 0 radical (unpaired) electrons. The SMILES string of the molecule is Cc1nn(C)c2nc(-c3cccs3)cc(C(=O)N3CCCN(CC4CCCCC4)CC3)c12. The molecule has 5 rings (SSSR count). The first-order valence-corrected chi connectivity index (χ1v) is 12.9. The summed E-state index contributed by atoms with van der Waals surface area (Å²) in [6, 6.07) is 6.07. The van der Waals surface area contributed by atoms with Crippen LogP contribution in [-0.2, 0) is 7.05 Å². The molecule has 0 bridgehead atoms. The predicted molar refractivity (Wildman–Crippen MR) is 130 cm³/mol. The lowest BCUT2D eigenvalue weighted by Gasteiger charge is -2.28. The zero-order chi connectivity index (χ0) is 22.1. The number of thiophene rings is 1. The van der Waals surface area contributed by atoms with Gasteiger partial charge in [-0.25, -0.2) is 4.98 Å². The fourth-order valence-electron chi connectivity index (χ4n) is 5.43. The maximum absolute atomic E-state index is 13.8. The molecule has 3 aromatic heterocycles. The molecule has 2 aliphatic rings. The Labute approximate surface area is 194 Å². The van der Waals surface area contributed by atoms with E-state index < -0.39 is 0 Å². The van der Waals surface area contributed by atoms with Gasteiger partial charge in [0.2, 0.25) is 0 Å². The molecular formula is C25H33N5OS. The number of rotatable bonds is 4. The Bertz CT molecular complexity index is 1080. The highest BCUT2D eigenvalue weighted by atomic mass is 32.1. The van der Waals surface area contributed by atoms with Crippen LogP contribution >= 0.6 is 11.3 Å². The second kappa shape index (κ2) is 9.32. The van der Waals surface area contributed by atoms with Gasteiger partial charge in [-0.15, -0.1) is 11.3 Å². The maximum atomic E-state index is 13.8. The number of hydrogen-bond donors (Lipinski definition) is 0. The van der Waals surface area contributed by atoms with Crippen molar-refractivity contribution in [2.75, 3.05) is 32.7 Å². The van der Waals surface area contributed by atoms with Gasteiger partial charge >= 0.3 is 0 Å². The van der Waals surface area contributed by atoms with Gasteiger partial charge in [-0.2, -0.15) is 5.10 Å². The number of amides is 1. The molecular weight excluding hydrogens is 418 g/mol. The quantitative estimate of drug-likeness (QED) is 0.575. The monoisotopic (exact) mass is 451 g/mol. The first kappa shape index (κ1) is 21.6. The highest BCUT2D eigenvalue weighted by Gasteiger charge is 2.26. The van der Waals surface area contributed by atoms with Gasteiger partial charge in [0, 0.05) is 33.2 Å². The maximum Gasteiger partial charge on any atom is 0.254 e. The molecule has 32 heavy (non-hydrogen) atoms. The largest absolute Gasteiger partial charge is 0.337 e. The van der Waals surface area contributed by atoms with E-state index in [0.29, 0.717) is 0 Å². The third-order valence-corrected chi connectivity index (χ3v) is 7.98. The van der Waals surface area contributed by atoms with E-state index in [2.05, 4.69) is 21.0 Å². The Kier molecular flexibility index (Phi) is 6.28. The van der Waals surface area contributed by atoms with Crippen LogP contribution in [0.25, 0.3) is 21.6 Å². The van der Waals surface area contributed by atoms with Crippen LogP contribution < -0.4 is 0 Å². The smallest absolute Gasteiger partial charge is 0.254 e. The normalized spacial score (nSPS) is 18.9. The Morgan fingerprint density at radius 1 is 1.12 bits per heavy atom. The van der Waals surface area contributed by atoms with E-state index in [9.17, 15) is 4.79 Å². The summed E-state index contributed by atoms with van der Waals surface area (Å²) in [5.41, 5.74) is 3.24. The molecule has 0 spiro atoms. The molecule has 1 aliphatic carbocycles. The van der Waals surface area contributed by atoms with Gasteiger partial charge in [-0.3, -0.25) is 9.48 Å². The van der Waals surface area contributed by atoms with Crippen molar-refractivity contribution < 1.29 is 4.79 Å². The topological polar surface area (TPSA) is 54.3 Å². The lowest BCUT2D eigenvalue weighted by Crippen LogP contribution is -2.37. The van der Waals surface area contributed by atoms with Crippen molar-refractivity contribution in [1.29, 1.82) is 0 Å². The van der Waals surface area contributed by atoms with Crippen molar-refractivity contribution in [3.8, 4) is 10.6 Å². The zero-order valence-electron chi connectivity index (χ0n) is 19.2. The van der Waals surface area contributed by atoms with Crippen molar-refractivity contribution in [2.45, 2.75) is 45.4 Å². The Balaban J connectivity index is 1.39. The first-order valence-electron chi connectivity index (χ1n) is 12.0. The summed E-state index contributed by atoms with van der Waals surface area (Å²) in [5, 5.41) is 7.51. The number of carbonyl (C=O) groups excluding carboxylic acids is 1. The van der Waals surface area contributed by atoms with Gasteiger partial charge in [-0.05, 0) is 56.2 Å². The molecule has 0 N–H and O–H groups in total. The van der Waals surface area contributed by atoms with E-state index in [1.807, 2.05) is 31.5 Å². The summed E-state index contributed by atoms with van der Waals surface area (Å²) < 4.78 is 1.80. The van der Waals surface area contributed by atoms with E-state index in [-0.39, 0.29) is 5.91 Å². The molecule has 4 heterocycles. The fraction of sp³-hybridized carbons (Fsp3) is 0.560. The molecule has 3 aromatic rings. The molecule has 1 saturated carbocycles. The van der Waals surface area contributed by atoms with Crippen LogP contribution in [0, 0.1) is 12.8 Å². The number of aryl methyl sites for hydroxylation is 2. The minimum absolute atomic E-state index is 0.117. The van der Waals surface area contributed by atoms with Crippen LogP contribution in [-0.4, -0.2) is 63.2 Å². The molecule has 170 valence electrons. The van der Waals surface area contributed by atoms with Gasteiger partial charge in [0.05, 0.1) is 27.2 Å². The lowest BCUT2D eigenvalue weighted by atomic mass is 9.89. The van der Waals surface area contributed by atoms with E-state index in [1.54, 1.807) is 16.0 Å². The predicted octanol–water partition coefficient (Wildman–Crippen LogP) is 4.73. The molecule has 6 nitrogen and oxygen atoms in total. The van der Waals surface area contributed by atoms with Crippen LogP contribution in [0.3, 0.4) is 0 Å². The summed E-state index contributed by atoms with van der Waals surface area (Å²) in [4.78, 5) is 24.4. The Morgan fingerprint density at radius 3 is 2.75 bits per heavy atom. The molecule has 1 amide bonds. The summed E-state index contributed by atoms with van der Waals surface area (Å²) >= 11 is 1.65. The average Bonchev–Trinajstić information content (AvgIpc) is 3.37. The fourth-order valence-corrected chi connectivity index (χ4v) is 6.11. The number of aromatic nitrogens is 3. The summed E-state index contributed by atoms with van der Waals surface area (Å²) in [5.74, 6) is 0.961. The molecule has 0 unspecified atom stereocenters. The number of pyridine rings is 1. The van der Waals surface area contributed by atoms with Crippen molar-refractivity contribution in [2.24, 2.45) is 13.0 Å². The molecule has 0 aromatic carbocycles. The van der Waals surface area contributed by atoms with Crippen LogP contribution in [0.15, 0.2) is 23.6 Å². The molecule has 2 fully saturated rings. The number of nitrogens with zero attached hydrogens (tertiary/aromatic N) is 5. The Morgan fingerprint density at radius 2 is 1.97 bits per heavy atom. The number of carbonyl (C=O) groups is 1. The summed E-state index contributed by atoms with van der Waals surface area (Å²) in [7, 11) is 1.91. The highest BCUT2D eigenvalue weighted by Crippen LogP contribution is 2.30. The van der Waals surface area contributed by atoms with Crippen molar-refractivity contribution >= 4 is 28.3 Å². The highest BCUT2D eigenvalue weighted by molar-refractivity contribution is 7.13. The minimum Gasteiger partial charge on any atom is -0.337 e. The second-order valence-electron chi connectivity index (χ2n) is 9.39. The van der Waals surface area contributed by atoms with Crippen LogP contribution in [0.1, 0.15) is 54.6 Å². The van der Waals surface area contributed by atoms with E-state index >= 15 is 0 Å². The van der Waals surface area contributed by atoms with Gasteiger partial charge in [0.25, 0.3) is 5.91 Å². The van der Waals surface area contributed by atoms with Crippen molar-refractivity contribution in [3.05, 3.63) is 34.8 Å². The number of fused-ring (bicyclic) bond motifs is 1. The second-order valence-corrected chi connectivity index (χ2v) is 10.3. The van der Waals surface area contributed by atoms with E-state index in [1.165, 1.54) is 38.6 Å². The molecule has 1 aliphatic heterocycles. The van der Waals surface area contributed by atoms with E-state index in [4.69, 9.17) is 4.98 Å². The van der Waals surface area contributed by atoms with Crippen LogP contribution in [0.4, 0.5) is 0 Å². The van der Waals surface area contributed by atoms with E-state index in [0.717, 1.165) is 71.4 Å². The first-order chi connectivity index (χ1) is 15.6. The minimum atomic E-state index is 0.117. The molecule has 0 atom stereocenters. The van der Waals surface area contributed by atoms with Gasteiger partial charge < -0.3 is 9.80 Å². The zero-order valence-corrected chi connectivity index (χ0v) is 20.0. The standard InChI is InChI=1S/C25H33N5OS/c1-18-23-20(16-21(22-10-6-15-32-22)26-24(23)28(2)27-18)25(31)30-12-7-11-29(13-14-30)17-19-8-4-3-5-9-19/h6,10,15-16,19H,3-5,7-9,11-14,17H2,1-2H3. The van der Waals surface area contributed by atoms with Gasteiger partial charge in [0.15, 0.2) is 5.65 Å². The van der Waals surface area contributed by atoms with Crippen molar-refractivity contribution in [3.63, 3.8) is 0 Å². The van der Waals surface area contributed by atoms with Gasteiger partial charge in [0.1, 0.15) is 0 Å². The third kappa shape index (κ3) is 4.33. The lowest BCUT2D eigenvalue weighted by molar-refractivity contribution is 0.0762. The Hall–Kier alpha value is -2.25. The van der Waals surface area contributed by atoms with Crippen LogP contribution in [0.2, 0.25) is 0 Å². The van der Waals surface area contributed by atoms with Crippen LogP contribution in [0.5, 0.6) is 0 Å². The molecule has 1 saturated heterocycles. The van der Waals surface area contributed by atoms with Gasteiger partial charge in [-0.1, -0.05) is 25.3 Å². The van der Waals surface area contributed by atoms with Crippen molar-refractivity contribution in [1.82, 2.24) is 24.6 Å². The summed E-state index contributed by atoms with van der Waals surface area (Å²) in [6.45, 7) is 6.85.